The lowest BCUT2D eigenvalue weighted by atomic mass is 10.1. The van der Waals surface area contributed by atoms with E-state index in [1.54, 1.807) is 6.92 Å². The van der Waals surface area contributed by atoms with Crippen LogP contribution in [0.5, 0.6) is 0 Å². The largest absolute Gasteiger partial charge is 0.394 e. The van der Waals surface area contributed by atoms with Gasteiger partial charge in [0.25, 0.3) is 11.6 Å². The maximum atomic E-state index is 11.7. The van der Waals surface area contributed by atoms with E-state index in [1.807, 2.05) is 0 Å². The van der Waals surface area contributed by atoms with E-state index in [-0.39, 0.29) is 11.3 Å². The van der Waals surface area contributed by atoms with Crippen LogP contribution in [-0.4, -0.2) is 40.3 Å². The topological polar surface area (TPSA) is 113 Å². The first-order valence-corrected chi connectivity index (χ1v) is 5.26. The Hall–Kier alpha value is -1.99. The highest BCUT2D eigenvalue weighted by atomic mass is 16.6. The van der Waals surface area contributed by atoms with E-state index in [9.17, 15) is 14.9 Å². The molecule has 0 aromatic heterocycles. The predicted molar refractivity (Wildman–Crippen MR) is 63.3 cm³/mol. The van der Waals surface area contributed by atoms with Crippen LogP contribution in [0.4, 0.5) is 5.69 Å². The van der Waals surface area contributed by atoms with E-state index in [2.05, 4.69) is 5.32 Å². The van der Waals surface area contributed by atoms with Crippen molar-refractivity contribution in [3.05, 3.63) is 39.4 Å². The van der Waals surface area contributed by atoms with Gasteiger partial charge < -0.3 is 15.5 Å². The Labute approximate surface area is 103 Å². The number of aryl methyl sites for hydroxylation is 1. The van der Waals surface area contributed by atoms with Crippen molar-refractivity contribution in [3.63, 3.8) is 0 Å². The van der Waals surface area contributed by atoms with Crippen molar-refractivity contribution in [2.75, 3.05) is 13.2 Å². The minimum atomic E-state index is -0.780. The molecule has 0 aliphatic heterocycles. The Morgan fingerprint density at radius 3 is 2.50 bits per heavy atom. The van der Waals surface area contributed by atoms with Crippen molar-refractivity contribution in [1.82, 2.24) is 5.32 Å². The summed E-state index contributed by atoms with van der Waals surface area (Å²) in [4.78, 5) is 21.8. The summed E-state index contributed by atoms with van der Waals surface area (Å²) < 4.78 is 0. The van der Waals surface area contributed by atoms with Crippen LogP contribution in [0.15, 0.2) is 18.2 Å². The summed E-state index contributed by atoms with van der Waals surface area (Å²) in [6, 6.07) is 3.21. The highest BCUT2D eigenvalue weighted by Gasteiger charge is 2.16. The van der Waals surface area contributed by atoms with Crippen LogP contribution in [0.25, 0.3) is 0 Å². The molecule has 0 heterocycles. The van der Waals surface area contributed by atoms with Crippen molar-refractivity contribution >= 4 is 11.6 Å². The molecule has 1 rings (SSSR count). The Morgan fingerprint density at radius 1 is 1.39 bits per heavy atom. The zero-order valence-corrected chi connectivity index (χ0v) is 9.79. The molecule has 1 aromatic carbocycles. The van der Waals surface area contributed by atoms with E-state index < -0.39 is 30.1 Å². The number of aliphatic hydroxyl groups is 2. The summed E-state index contributed by atoms with van der Waals surface area (Å²) in [5.41, 5.74) is 0.525. The molecule has 0 atom stereocenters. The average Bonchev–Trinajstić information content (AvgIpc) is 2.34. The van der Waals surface area contributed by atoms with Gasteiger partial charge in [0.1, 0.15) is 0 Å². The maximum absolute atomic E-state index is 11.7. The molecule has 0 saturated heterocycles. The number of nitro benzene ring substituents is 1. The van der Waals surface area contributed by atoms with Crippen LogP contribution >= 0.6 is 0 Å². The summed E-state index contributed by atoms with van der Waals surface area (Å²) in [5.74, 6) is -0.574. The molecule has 7 nitrogen and oxygen atoms in total. The standard InChI is InChI=1S/C11H14N2O5/c1-7-2-8(4-10(3-7)13(17)18)11(16)12-9(5-14)6-15/h2-4,9,14-15H,5-6H2,1H3,(H,12,16). The van der Waals surface area contributed by atoms with Gasteiger partial charge in [0.2, 0.25) is 0 Å². The quantitative estimate of drug-likeness (QED) is 0.505. The molecular formula is C11H14N2O5. The van der Waals surface area contributed by atoms with Crippen LogP contribution in [0.1, 0.15) is 15.9 Å². The van der Waals surface area contributed by atoms with E-state index in [1.165, 1.54) is 12.1 Å². The zero-order chi connectivity index (χ0) is 13.7. The maximum Gasteiger partial charge on any atom is 0.270 e. The molecule has 0 radical (unpaired) electrons. The lowest BCUT2D eigenvalue weighted by Gasteiger charge is -2.13. The van der Waals surface area contributed by atoms with Gasteiger partial charge in [-0.25, -0.2) is 0 Å². The SMILES string of the molecule is Cc1cc(C(=O)NC(CO)CO)cc([N+](=O)[O-])c1. The summed E-state index contributed by atoms with van der Waals surface area (Å²) in [6.07, 6.45) is 0. The van der Waals surface area contributed by atoms with Gasteiger partial charge in [-0.05, 0) is 18.6 Å². The van der Waals surface area contributed by atoms with Crippen molar-refractivity contribution in [2.24, 2.45) is 0 Å². The van der Waals surface area contributed by atoms with Gasteiger partial charge in [-0.3, -0.25) is 14.9 Å². The van der Waals surface area contributed by atoms with Crippen LogP contribution in [0, 0.1) is 17.0 Å². The predicted octanol–water partition coefficient (Wildman–Crippen LogP) is -0.0138. The number of carbonyl (C=O) groups excluding carboxylic acids is 1. The Bertz CT molecular complexity index is 457. The van der Waals surface area contributed by atoms with Crippen LogP contribution in [-0.2, 0) is 0 Å². The number of nitrogens with one attached hydrogen (secondary N) is 1. The third-order valence-corrected chi connectivity index (χ3v) is 2.31. The van der Waals surface area contributed by atoms with E-state index >= 15 is 0 Å². The number of aliphatic hydroxyl groups excluding tert-OH is 2. The van der Waals surface area contributed by atoms with Gasteiger partial charge in [-0.1, -0.05) is 0 Å². The van der Waals surface area contributed by atoms with E-state index in [4.69, 9.17) is 10.2 Å². The normalized spacial score (nSPS) is 10.4. The fraction of sp³-hybridized carbons (Fsp3) is 0.364. The Morgan fingerprint density at radius 2 is 2.00 bits per heavy atom. The van der Waals surface area contributed by atoms with Gasteiger partial charge in [0.05, 0.1) is 24.2 Å². The van der Waals surface area contributed by atoms with Crippen LogP contribution < -0.4 is 5.32 Å². The lowest BCUT2D eigenvalue weighted by Crippen LogP contribution is -2.40. The molecule has 1 aromatic rings. The molecule has 1 amide bonds. The van der Waals surface area contributed by atoms with Crippen molar-refractivity contribution in [3.8, 4) is 0 Å². The van der Waals surface area contributed by atoms with E-state index in [0.717, 1.165) is 6.07 Å². The molecule has 0 bridgehead atoms. The fourth-order valence-corrected chi connectivity index (χ4v) is 1.42. The fourth-order valence-electron chi connectivity index (χ4n) is 1.42. The molecule has 98 valence electrons. The molecule has 0 aliphatic rings. The second-order valence-corrected chi connectivity index (χ2v) is 3.85. The molecule has 0 saturated carbocycles. The van der Waals surface area contributed by atoms with E-state index in [0.29, 0.717) is 5.56 Å². The number of benzene rings is 1. The highest BCUT2D eigenvalue weighted by Crippen LogP contribution is 2.16. The van der Waals surface area contributed by atoms with Crippen molar-refractivity contribution in [1.29, 1.82) is 0 Å². The molecule has 0 spiro atoms. The van der Waals surface area contributed by atoms with Crippen LogP contribution in [0.3, 0.4) is 0 Å². The molecule has 0 fully saturated rings. The number of non-ortho nitro benzene ring substituents is 1. The first-order valence-electron chi connectivity index (χ1n) is 5.26. The van der Waals surface area contributed by atoms with Gasteiger partial charge >= 0.3 is 0 Å². The third kappa shape index (κ3) is 3.51. The average molecular weight is 254 g/mol. The summed E-state index contributed by atoms with van der Waals surface area (Å²) in [7, 11) is 0. The second kappa shape index (κ2) is 6.08. The summed E-state index contributed by atoms with van der Waals surface area (Å²) in [6.45, 7) is 0.825. The molecule has 7 heteroatoms. The number of carbonyl (C=O) groups is 1. The van der Waals surface area contributed by atoms with Gasteiger partial charge in [0.15, 0.2) is 0 Å². The molecule has 3 N–H and O–H groups in total. The molecular weight excluding hydrogens is 240 g/mol. The number of nitrogens with zero attached hydrogens (tertiary/aromatic N) is 1. The lowest BCUT2D eigenvalue weighted by molar-refractivity contribution is -0.384. The molecule has 0 aliphatic carbocycles. The zero-order valence-electron chi connectivity index (χ0n) is 9.79. The minimum Gasteiger partial charge on any atom is -0.394 e. The number of amides is 1. The second-order valence-electron chi connectivity index (χ2n) is 3.85. The number of nitro groups is 1. The summed E-state index contributed by atoms with van der Waals surface area (Å²) >= 11 is 0. The van der Waals surface area contributed by atoms with Crippen molar-refractivity contribution < 1.29 is 19.9 Å². The Kier molecular flexibility index (Phi) is 4.75. The van der Waals surface area contributed by atoms with Gasteiger partial charge in [0, 0.05) is 17.7 Å². The first-order chi connectivity index (χ1) is 8.47. The Balaban J connectivity index is 2.95. The van der Waals surface area contributed by atoms with Gasteiger partial charge in [-0.15, -0.1) is 0 Å². The smallest absolute Gasteiger partial charge is 0.270 e. The molecule has 18 heavy (non-hydrogen) atoms. The molecule has 0 unspecified atom stereocenters. The monoisotopic (exact) mass is 254 g/mol. The highest BCUT2D eigenvalue weighted by molar-refractivity contribution is 5.95. The van der Waals surface area contributed by atoms with Gasteiger partial charge in [-0.2, -0.15) is 0 Å². The van der Waals surface area contributed by atoms with Crippen molar-refractivity contribution in [2.45, 2.75) is 13.0 Å². The minimum absolute atomic E-state index is 0.119. The number of rotatable bonds is 5. The summed E-state index contributed by atoms with van der Waals surface area (Å²) in [5, 5.41) is 30.7. The number of hydrogen-bond acceptors (Lipinski definition) is 5. The number of hydrogen-bond donors (Lipinski definition) is 3. The third-order valence-electron chi connectivity index (χ3n) is 2.31. The first kappa shape index (κ1) is 14.1. The van der Waals surface area contributed by atoms with Crippen LogP contribution in [0.2, 0.25) is 0 Å².